The van der Waals surface area contributed by atoms with E-state index in [1.165, 1.54) is 23.6 Å². The first-order chi connectivity index (χ1) is 14.0. The van der Waals surface area contributed by atoms with Crippen molar-refractivity contribution in [2.45, 2.75) is 77.9 Å². The number of carbonyl (C=O) groups excluding carboxylic acids is 1. The van der Waals surface area contributed by atoms with Crippen LogP contribution in [0.25, 0.3) is 0 Å². The Morgan fingerprint density at radius 2 is 1.60 bits per heavy atom. The number of aryl methyl sites for hydroxylation is 1. The number of allylic oxidation sites excluding steroid dienone is 2. The molecule has 0 spiro atoms. The summed E-state index contributed by atoms with van der Waals surface area (Å²) < 4.78 is 17.3. The Bertz CT molecular complexity index is 867. The van der Waals surface area contributed by atoms with Crippen molar-refractivity contribution in [3.05, 3.63) is 58.2 Å². The predicted octanol–water partition coefficient (Wildman–Crippen LogP) is 5.61. The van der Waals surface area contributed by atoms with Crippen LogP contribution in [0.15, 0.2) is 35.9 Å². The standard InChI is InChI=1S/C26H36O4/c1-8-28-23(27)15-18(2)9-10-26(29-13-14-30-26)20-17-22-21(16-19(20)3)24(4,5)11-12-25(22,6)7/h9-10,15-17H,8,11-14H2,1-7H3. The van der Waals surface area contributed by atoms with Gasteiger partial charge in [0.15, 0.2) is 0 Å². The van der Waals surface area contributed by atoms with Gasteiger partial charge in [0.05, 0.1) is 19.8 Å². The van der Waals surface area contributed by atoms with Crippen LogP contribution in [0.1, 0.15) is 76.6 Å². The molecule has 1 fully saturated rings. The molecule has 0 bridgehead atoms. The van der Waals surface area contributed by atoms with Crippen LogP contribution in [0.5, 0.6) is 0 Å². The van der Waals surface area contributed by atoms with Crippen molar-refractivity contribution in [3.8, 4) is 0 Å². The molecule has 0 radical (unpaired) electrons. The number of fused-ring (bicyclic) bond motifs is 1. The van der Waals surface area contributed by atoms with E-state index in [-0.39, 0.29) is 16.8 Å². The Morgan fingerprint density at radius 3 is 2.17 bits per heavy atom. The number of hydrogen-bond acceptors (Lipinski definition) is 4. The van der Waals surface area contributed by atoms with Crippen molar-refractivity contribution >= 4 is 5.97 Å². The zero-order valence-corrected chi connectivity index (χ0v) is 19.6. The zero-order valence-electron chi connectivity index (χ0n) is 19.6. The van der Waals surface area contributed by atoms with E-state index in [0.29, 0.717) is 19.8 Å². The van der Waals surface area contributed by atoms with Gasteiger partial charge in [-0.3, -0.25) is 0 Å². The molecule has 0 atom stereocenters. The summed E-state index contributed by atoms with van der Waals surface area (Å²) >= 11 is 0. The normalized spacial score (nSPS) is 22.2. The minimum atomic E-state index is -0.930. The lowest BCUT2D eigenvalue weighted by Crippen LogP contribution is -2.35. The zero-order chi connectivity index (χ0) is 22.2. The highest BCUT2D eigenvalue weighted by molar-refractivity contribution is 5.83. The molecule has 0 saturated carbocycles. The lowest BCUT2D eigenvalue weighted by Gasteiger charge is -2.43. The summed E-state index contributed by atoms with van der Waals surface area (Å²) in [5.74, 6) is -1.27. The minimum Gasteiger partial charge on any atom is -0.463 e. The second kappa shape index (κ2) is 8.32. The van der Waals surface area contributed by atoms with Crippen LogP contribution in [0.4, 0.5) is 0 Å². The average molecular weight is 413 g/mol. The van der Waals surface area contributed by atoms with Crippen LogP contribution in [0.2, 0.25) is 0 Å². The Morgan fingerprint density at radius 1 is 1.03 bits per heavy atom. The lowest BCUT2D eigenvalue weighted by atomic mass is 9.62. The molecule has 164 valence electrons. The lowest BCUT2D eigenvalue weighted by molar-refractivity contribution is -0.137. The first-order valence-electron chi connectivity index (χ1n) is 11.0. The molecule has 0 unspecified atom stereocenters. The number of benzene rings is 1. The van der Waals surface area contributed by atoms with Crippen molar-refractivity contribution in [3.63, 3.8) is 0 Å². The third-order valence-electron chi connectivity index (χ3n) is 6.49. The van der Waals surface area contributed by atoms with E-state index >= 15 is 0 Å². The van der Waals surface area contributed by atoms with Crippen LogP contribution in [-0.2, 0) is 35.6 Å². The molecule has 1 aliphatic heterocycles. The molecule has 0 amide bonds. The number of carbonyl (C=O) groups is 1. The SMILES string of the molecule is CCOC(=O)C=C(C)C=CC1(c2cc3c(cc2C)C(C)(C)CCC3(C)C)OCCO1. The first kappa shape index (κ1) is 22.8. The summed E-state index contributed by atoms with van der Waals surface area (Å²) in [6, 6.07) is 4.62. The average Bonchev–Trinajstić information content (AvgIpc) is 3.14. The third kappa shape index (κ3) is 4.40. The molecule has 1 aromatic carbocycles. The van der Waals surface area contributed by atoms with Crippen LogP contribution in [0, 0.1) is 6.92 Å². The Kier molecular flexibility index (Phi) is 6.31. The van der Waals surface area contributed by atoms with Gasteiger partial charge in [0, 0.05) is 11.6 Å². The van der Waals surface area contributed by atoms with Gasteiger partial charge in [-0.15, -0.1) is 0 Å². The highest BCUT2D eigenvalue weighted by Crippen LogP contribution is 2.48. The Balaban J connectivity index is 2.05. The molecule has 1 saturated heterocycles. The maximum Gasteiger partial charge on any atom is 0.330 e. The van der Waals surface area contributed by atoms with Gasteiger partial charge < -0.3 is 14.2 Å². The number of ether oxygens (including phenoxy) is 3. The maximum atomic E-state index is 11.8. The molecule has 4 heteroatoms. The quantitative estimate of drug-likeness (QED) is 0.358. The molecule has 1 aliphatic carbocycles. The van der Waals surface area contributed by atoms with Gasteiger partial charge >= 0.3 is 5.97 Å². The van der Waals surface area contributed by atoms with Gasteiger partial charge in [-0.05, 0) is 78.8 Å². The maximum absolute atomic E-state index is 11.8. The molecule has 30 heavy (non-hydrogen) atoms. The number of hydrogen-bond donors (Lipinski definition) is 0. The van der Waals surface area contributed by atoms with E-state index in [2.05, 4.69) is 46.8 Å². The van der Waals surface area contributed by atoms with Gasteiger partial charge in [-0.2, -0.15) is 0 Å². The van der Waals surface area contributed by atoms with E-state index in [9.17, 15) is 4.79 Å². The fraction of sp³-hybridized carbons (Fsp3) is 0.577. The van der Waals surface area contributed by atoms with Gasteiger partial charge in [0.1, 0.15) is 0 Å². The van der Waals surface area contributed by atoms with Crippen molar-refractivity contribution in [1.29, 1.82) is 0 Å². The van der Waals surface area contributed by atoms with Gasteiger partial charge in [-0.25, -0.2) is 4.79 Å². The molecule has 0 aromatic heterocycles. The Labute approximate surface area is 181 Å². The second-order valence-electron chi connectivity index (χ2n) is 9.82. The minimum absolute atomic E-state index is 0.108. The summed E-state index contributed by atoms with van der Waals surface area (Å²) in [7, 11) is 0. The smallest absolute Gasteiger partial charge is 0.330 e. The summed E-state index contributed by atoms with van der Waals surface area (Å²) in [4.78, 5) is 11.8. The van der Waals surface area contributed by atoms with Crippen molar-refractivity contribution in [1.82, 2.24) is 0 Å². The van der Waals surface area contributed by atoms with Crippen LogP contribution in [-0.4, -0.2) is 25.8 Å². The molecule has 4 nitrogen and oxygen atoms in total. The van der Waals surface area contributed by atoms with Crippen molar-refractivity contribution in [2.24, 2.45) is 0 Å². The number of rotatable bonds is 5. The molecule has 3 rings (SSSR count). The van der Waals surface area contributed by atoms with Gasteiger partial charge in [-0.1, -0.05) is 39.8 Å². The van der Waals surface area contributed by atoms with E-state index in [0.717, 1.165) is 23.1 Å². The van der Waals surface area contributed by atoms with Crippen molar-refractivity contribution < 1.29 is 19.0 Å². The summed E-state index contributed by atoms with van der Waals surface area (Å²) in [5, 5.41) is 0. The van der Waals surface area contributed by atoms with E-state index in [1.807, 2.05) is 19.1 Å². The summed E-state index contributed by atoms with van der Waals surface area (Å²) in [5.41, 5.74) is 6.08. The largest absolute Gasteiger partial charge is 0.463 e. The van der Waals surface area contributed by atoms with E-state index in [1.54, 1.807) is 6.92 Å². The topological polar surface area (TPSA) is 44.8 Å². The predicted molar refractivity (Wildman–Crippen MR) is 120 cm³/mol. The Hall–Kier alpha value is -1.91. The fourth-order valence-corrected chi connectivity index (χ4v) is 4.53. The second-order valence-corrected chi connectivity index (χ2v) is 9.82. The van der Waals surface area contributed by atoms with E-state index in [4.69, 9.17) is 14.2 Å². The molecule has 1 aromatic rings. The highest BCUT2D eigenvalue weighted by atomic mass is 16.7. The van der Waals surface area contributed by atoms with E-state index < -0.39 is 5.79 Å². The first-order valence-corrected chi connectivity index (χ1v) is 11.0. The van der Waals surface area contributed by atoms with Gasteiger partial charge in [0.25, 0.3) is 0 Å². The highest BCUT2D eigenvalue weighted by Gasteiger charge is 2.42. The van der Waals surface area contributed by atoms with Crippen molar-refractivity contribution in [2.75, 3.05) is 19.8 Å². The summed E-state index contributed by atoms with van der Waals surface area (Å²) in [6.07, 6.45) is 7.65. The van der Waals surface area contributed by atoms with Crippen LogP contribution < -0.4 is 0 Å². The monoisotopic (exact) mass is 412 g/mol. The fourth-order valence-electron chi connectivity index (χ4n) is 4.53. The molecular weight excluding hydrogens is 376 g/mol. The molecule has 0 N–H and O–H groups in total. The van der Waals surface area contributed by atoms with Crippen LogP contribution in [0.3, 0.4) is 0 Å². The number of esters is 1. The summed E-state index contributed by atoms with van der Waals surface area (Å²) in [6.45, 7) is 16.6. The molecule has 1 heterocycles. The molecular formula is C26H36O4. The molecule has 2 aliphatic rings. The van der Waals surface area contributed by atoms with Crippen LogP contribution >= 0.6 is 0 Å². The third-order valence-corrected chi connectivity index (χ3v) is 6.49. The van der Waals surface area contributed by atoms with Gasteiger partial charge in [0.2, 0.25) is 5.79 Å².